The third kappa shape index (κ3) is 4.54. The first-order valence-electron chi connectivity index (χ1n) is 10.4. The van der Waals surface area contributed by atoms with E-state index in [4.69, 9.17) is 4.74 Å². The second-order valence-corrected chi connectivity index (χ2v) is 8.45. The highest BCUT2D eigenvalue weighted by atomic mass is 32.2. The number of nitrogens with one attached hydrogen (secondary N) is 1. The van der Waals surface area contributed by atoms with Gasteiger partial charge >= 0.3 is 0 Å². The van der Waals surface area contributed by atoms with Crippen LogP contribution < -0.4 is 13.9 Å². The standard InChI is InChI=1S/C25H24N4OS/c1-2-8-20(9-3-1)18-30-24-12-6-4-10-22(24)29-15-14-28(17-21-16-26-19-27-21)23-11-5-7-13-25(23)31-29/h1-13,16,19H,14-15,17-18H2,(H,26,27). The molecule has 5 rings (SSSR count). The fraction of sp³-hybridized carbons (Fsp3) is 0.160. The van der Waals surface area contributed by atoms with Crippen molar-refractivity contribution < 1.29 is 4.74 Å². The zero-order valence-electron chi connectivity index (χ0n) is 17.1. The fourth-order valence-corrected chi connectivity index (χ4v) is 4.81. The molecule has 6 heteroatoms. The van der Waals surface area contributed by atoms with Crippen molar-refractivity contribution in [2.75, 3.05) is 22.3 Å². The molecule has 0 saturated carbocycles. The van der Waals surface area contributed by atoms with Crippen molar-refractivity contribution in [1.29, 1.82) is 0 Å². The maximum atomic E-state index is 6.23. The SMILES string of the molecule is c1ccc(COc2ccccc2N2CCN(Cc3c[nH]cn3)c3ccccc3S2)cc1. The molecule has 4 aromatic rings. The third-order valence-corrected chi connectivity index (χ3v) is 6.41. The first-order valence-corrected chi connectivity index (χ1v) is 11.2. The Hall–Kier alpha value is -3.38. The van der Waals surface area contributed by atoms with Crippen molar-refractivity contribution in [3.63, 3.8) is 0 Å². The van der Waals surface area contributed by atoms with E-state index < -0.39 is 0 Å². The highest BCUT2D eigenvalue weighted by Crippen LogP contribution is 2.41. The van der Waals surface area contributed by atoms with E-state index in [1.807, 2.05) is 30.5 Å². The van der Waals surface area contributed by atoms with Crippen molar-refractivity contribution >= 4 is 23.3 Å². The Bertz CT molecular complexity index is 1120. The molecule has 0 bridgehead atoms. The highest BCUT2D eigenvalue weighted by Gasteiger charge is 2.23. The van der Waals surface area contributed by atoms with Crippen LogP contribution in [-0.2, 0) is 13.2 Å². The number of benzene rings is 3. The Morgan fingerprint density at radius 3 is 2.48 bits per heavy atom. The molecule has 0 atom stereocenters. The summed E-state index contributed by atoms with van der Waals surface area (Å²) < 4.78 is 8.57. The van der Waals surface area contributed by atoms with E-state index in [0.29, 0.717) is 6.61 Å². The quantitative estimate of drug-likeness (QED) is 0.410. The van der Waals surface area contributed by atoms with E-state index in [2.05, 4.69) is 73.8 Å². The lowest BCUT2D eigenvalue weighted by atomic mass is 10.2. The van der Waals surface area contributed by atoms with E-state index in [0.717, 1.165) is 42.3 Å². The number of ether oxygens (including phenoxy) is 1. The third-order valence-electron chi connectivity index (χ3n) is 5.27. The summed E-state index contributed by atoms with van der Waals surface area (Å²) in [5, 5.41) is 0. The van der Waals surface area contributed by atoms with Crippen LogP contribution in [0.4, 0.5) is 11.4 Å². The zero-order chi connectivity index (χ0) is 20.9. The van der Waals surface area contributed by atoms with Gasteiger partial charge in [-0.25, -0.2) is 4.98 Å². The Labute approximate surface area is 186 Å². The van der Waals surface area contributed by atoms with E-state index in [1.54, 1.807) is 18.3 Å². The van der Waals surface area contributed by atoms with Gasteiger partial charge in [0, 0.05) is 19.3 Å². The van der Waals surface area contributed by atoms with Crippen LogP contribution >= 0.6 is 11.9 Å². The van der Waals surface area contributed by atoms with Crippen molar-refractivity contribution in [1.82, 2.24) is 9.97 Å². The molecule has 2 heterocycles. The second-order valence-electron chi connectivity index (χ2n) is 7.39. The van der Waals surface area contributed by atoms with Crippen LogP contribution in [0.5, 0.6) is 5.75 Å². The molecule has 0 saturated heterocycles. The number of H-pyrrole nitrogens is 1. The van der Waals surface area contributed by atoms with Gasteiger partial charge < -0.3 is 18.9 Å². The number of rotatable bonds is 6. The van der Waals surface area contributed by atoms with Crippen LogP contribution in [0.25, 0.3) is 0 Å². The van der Waals surface area contributed by atoms with Crippen LogP contribution in [0, 0.1) is 0 Å². The number of nitrogens with zero attached hydrogens (tertiary/aromatic N) is 3. The van der Waals surface area contributed by atoms with Gasteiger partial charge in [-0.05, 0) is 41.8 Å². The summed E-state index contributed by atoms with van der Waals surface area (Å²) in [6.07, 6.45) is 3.70. The Morgan fingerprint density at radius 1 is 0.871 bits per heavy atom. The van der Waals surface area contributed by atoms with E-state index in [9.17, 15) is 0 Å². The number of anilines is 2. The summed E-state index contributed by atoms with van der Waals surface area (Å²) in [4.78, 5) is 11.1. The number of aromatic nitrogens is 2. The zero-order valence-corrected chi connectivity index (χ0v) is 18.0. The average molecular weight is 429 g/mol. The van der Waals surface area contributed by atoms with Crippen LogP contribution in [0.15, 0.2) is 96.3 Å². The lowest BCUT2D eigenvalue weighted by molar-refractivity contribution is 0.307. The van der Waals surface area contributed by atoms with Crippen LogP contribution in [0.3, 0.4) is 0 Å². The van der Waals surface area contributed by atoms with Crippen LogP contribution in [-0.4, -0.2) is 23.1 Å². The first-order chi connectivity index (χ1) is 15.4. The Kier molecular flexibility index (Phi) is 5.80. The van der Waals surface area contributed by atoms with E-state index in [1.165, 1.54) is 10.6 Å². The van der Waals surface area contributed by atoms with Gasteiger partial charge in [0.25, 0.3) is 0 Å². The molecule has 0 unspecified atom stereocenters. The van der Waals surface area contributed by atoms with Gasteiger partial charge in [-0.15, -0.1) is 0 Å². The van der Waals surface area contributed by atoms with Gasteiger partial charge in [-0.3, -0.25) is 0 Å². The number of fused-ring (bicyclic) bond motifs is 1. The molecule has 0 aliphatic carbocycles. The number of imidazole rings is 1. The molecule has 156 valence electrons. The molecule has 1 aromatic heterocycles. The predicted molar refractivity (Wildman–Crippen MR) is 126 cm³/mol. The van der Waals surface area contributed by atoms with Gasteiger partial charge in [-0.1, -0.05) is 54.6 Å². The lowest BCUT2D eigenvalue weighted by Gasteiger charge is -2.25. The van der Waals surface area contributed by atoms with Gasteiger partial charge in [-0.2, -0.15) is 0 Å². The van der Waals surface area contributed by atoms with Gasteiger partial charge in [0.15, 0.2) is 0 Å². The number of hydrogen-bond acceptors (Lipinski definition) is 5. The Morgan fingerprint density at radius 2 is 1.65 bits per heavy atom. The van der Waals surface area contributed by atoms with Gasteiger partial charge in [0.05, 0.1) is 34.8 Å². The molecule has 0 spiro atoms. The molecule has 31 heavy (non-hydrogen) atoms. The molecule has 1 aliphatic rings. The molecule has 0 fully saturated rings. The summed E-state index contributed by atoms with van der Waals surface area (Å²) in [5.74, 6) is 0.900. The fourth-order valence-electron chi connectivity index (χ4n) is 3.72. The summed E-state index contributed by atoms with van der Waals surface area (Å²) in [6.45, 7) is 3.10. The minimum Gasteiger partial charge on any atom is -0.487 e. The lowest BCUT2D eigenvalue weighted by Crippen LogP contribution is -2.29. The van der Waals surface area contributed by atoms with Gasteiger partial charge in [0.2, 0.25) is 0 Å². The predicted octanol–water partition coefficient (Wildman–Crippen LogP) is 5.52. The number of para-hydroxylation sites is 3. The maximum Gasteiger partial charge on any atom is 0.143 e. The van der Waals surface area contributed by atoms with Crippen molar-refractivity contribution in [3.8, 4) is 5.75 Å². The normalized spacial score (nSPS) is 13.5. The molecule has 3 aromatic carbocycles. The summed E-state index contributed by atoms with van der Waals surface area (Å²) in [7, 11) is 0. The number of hydrogen-bond donors (Lipinski definition) is 1. The molecule has 5 nitrogen and oxygen atoms in total. The number of aromatic amines is 1. The minimum absolute atomic E-state index is 0.554. The molecule has 0 amide bonds. The van der Waals surface area contributed by atoms with Crippen molar-refractivity contribution in [3.05, 3.63) is 103 Å². The average Bonchev–Trinajstić information content (AvgIpc) is 3.27. The van der Waals surface area contributed by atoms with Gasteiger partial charge in [0.1, 0.15) is 12.4 Å². The molecular weight excluding hydrogens is 404 g/mol. The summed E-state index contributed by atoms with van der Waals surface area (Å²) in [6, 6.07) is 27.2. The van der Waals surface area contributed by atoms with E-state index in [-0.39, 0.29) is 0 Å². The largest absolute Gasteiger partial charge is 0.487 e. The summed E-state index contributed by atoms with van der Waals surface area (Å²) >= 11 is 1.77. The van der Waals surface area contributed by atoms with Crippen molar-refractivity contribution in [2.45, 2.75) is 18.0 Å². The molecule has 1 N–H and O–H groups in total. The minimum atomic E-state index is 0.554. The Balaban J connectivity index is 1.39. The van der Waals surface area contributed by atoms with E-state index >= 15 is 0 Å². The first kappa shape index (κ1) is 19.6. The van der Waals surface area contributed by atoms with Crippen LogP contribution in [0.2, 0.25) is 0 Å². The van der Waals surface area contributed by atoms with Crippen LogP contribution in [0.1, 0.15) is 11.3 Å². The highest BCUT2D eigenvalue weighted by molar-refractivity contribution is 8.00. The molecule has 1 aliphatic heterocycles. The monoisotopic (exact) mass is 428 g/mol. The second kappa shape index (κ2) is 9.18. The molecular formula is C25H24N4OS. The molecule has 0 radical (unpaired) electrons. The summed E-state index contributed by atoms with van der Waals surface area (Å²) in [5.41, 5.74) is 4.54. The topological polar surface area (TPSA) is 44.4 Å². The smallest absolute Gasteiger partial charge is 0.143 e. The maximum absolute atomic E-state index is 6.23. The van der Waals surface area contributed by atoms with Crippen molar-refractivity contribution in [2.24, 2.45) is 0 Å².